The maximum Gasteiger partial charge on any atom is 0.219 e. The van der Waals surface area contributed by atoms with Gasteiger partial charge in [-0.25, -0.2) is 8.42 Å². The van der Waals surface area contributed by atoms with E-state index in [0.717, 1.165) is 5.56 Å². The number of halogens is 1. The molecule has 2 aliphatic heterocycles. The second-order valence-corrected chi connectivity index (χ2v) is 8.61. The standard InChI is InChI=1S/C15H19ClN2O3S/c1-11(19)18-7-6-17(8-12-2-4-13(16)5-3-12)14-9-22(20,21)10-15(14)18/h2-5,14-15H,6-10H2,1H3/t14-,15+/m0/s1. The summed E-state index contributed by atoms with van der Waals surface area (Å²) in [4.78, 5) is 15.6. The van der Waals surface area contributed by atoms with E-state index in [1.54, 1.807) is 4.90 Å². The van der Waals surface area contributed by atoms with Crippen molar-refractivity contribution in [1.82, 2.24) is 9.80 Å². The van der Waals surface area contributed by atoms with Crippen LogP contribution in [-0.2, 0) is 21.2 Å². The van der Waals surface area contributed by atoms with Crippen LogP contribution in [0.15, 0.2) is 24.3 Å². The molecular weight excluding hydrogens is 324 g/mol. The number of piperazine rings is 1. The van der Waals surface area contributed by atoms with E-state index in [1.165, 1.54) is 6.92 Å². The Hall–Kier alpha value is -1.11. The Morgan fingerprint density at radius 2 is 1.82 bits per heavy atom. The minimum absolute atomic E-state index is 0.0433. The van der Waals surface area contributed by atoms with Gasteiger partial charge in [0.25, 0.3) is 0 Å². The van der Waals surface area contributed by atoms with Crippen molar-refractivity contribution in [1.29, 1.82) is 0 Å². The van der Waals surface area contributed by atoms with Gasteiger partial charge in [0.1, 0.15) is 0 Å². The molecule has 0 spiro atoms. The second-order valence-electron chi connectivity index (χ2n) is 6.02. The van der Waals surface area contributed by atoms with Crippen LogP contribution in [0, 0.1) is 0 Å². The SMILES string of the molecule is CC(=O)N1CCN(Cc2ccc(Cl)cc2)[C@H]2CS(=O)(=O)C[C@H]21. The van der Waals surface area contributed by atoms with Gasteiger partial charge in [0.15, 0.2) is 9.84 Å². The molecule has 2 aliphatic rings. The van der Waals surface area contributed by atoms with Crippen LogP contribution in [0.1, 0.15) is 12.5 Å². The molecule has 0 radical (unpaired) electrons. The van der Waals surface area contributed by atoms with Crippen molar-refractivity contribution < 1.29 is 13.2 Å². The first-order valence-electron chi connectivity index (χ1n) is 7.32. The van der Waals surface area contributed by atoms with Crippen molar-refractivity contribution in [2.45, 2.75) is 25.6 Å². The van der Waals surface area contributed by atoms with Crippen molar-refractivity contribution in [2.75, 3.05) is 24.6 Å². The van der Waals surface area contributed by atoms with Crippen LogP contribution in [0.25, 0.3) is 0 Å². The van der Waals surface area contributed by atoms with E-state index in [2.05, 4.69) is 4.90 Å². The summed E-state index contributed by atoms with van der Waals surface area (Å²) in [6.07, 6.45) is 0. The quantitative estimate of drug-likeness (QED) is 0.809. The highest BCUT2D eigenvalue weighted by Gasteiger charge is 2.47. The van der Waals surface area contributed by atoms with E-state index < -0.39 is 9.84 Å². The van der Waals surface area contributed by atoms with Gasteiger partial charge in [-0.2, -0.15) is 0 Å². The van der Waals surface area contributed by atoms with Crippen LogP contribution in [0.4, 0.5) is 0 Å². The van der Waals surface area contributed by atoms with E-state index in [-0.39, 0.29) is 29.5 Å². The Kier molecular flexibility index (Phi) is 4.18. The zero-order valence-electron chi connectivity index (χ0n) is 12.4. The van der Waals surface area contributed by atoms with Gasteiger partial charge in [-0.1, -0.05) is 23.7 Å². The van der Waals surface area contributed by atoms with Crippen molar-refractivity contribution >= 4 is 27.3 Å². The van der Waals surface area contributed by atoms with Gasteiger partial charge in [0.05, 0.1) is 17.5 Å². The Morgan fingerprint density at radius 3 is 2.45 bits per heavy atom. The molecule has 0 aliphatic carbocycles. The van der Waals surface area contributed by atoms with E-state index in [9.17, 15) is 13.2 Å². The fourth-order valence-electron chi connectivity index (χ4n) is 3.44. The van der Waals surface area contributed by atoms with Crippen molar-refractivity contribution in [3.8, 4) is 0 Å². The Labute approximate surface area is 135 Å². The lowest BCUT2D eigenvalue weighted by atomic mass is 10.0. The first-order valence-corrected chi connectivity index (χ1v) is 9.52. The molecule has 7 heteroatoms. The number of rotatable bonds is 2. The molecule has 22 heavy (non-hydrogen) atoms. The predicted molar refractivity (Wildman–Crippen MR) is 85.5 cm³/mol. The van der Waals surface area contributed by atoms with Crippen LogP contribution in [0.2, 0.25) is 5.02 Å². The van der Waals surface area contributed by atoms with Gasteiger partial charge in [-0.15, -0.1) is 0 Å². The lowest BCUT2D eigenvalue weighted by molar-refractivity contribution is -0.134. The van der Waals surface area contributed by atoms with Crippen molar-refractivity contribution in [3.05, 3.63) is 34.9 Å². The molecule has 3 rings (SSSR count). The summed E-state index contributed by atoms with van der Waals surface area (Å²) in [5.74, 6) is 0.168. The fraction of sp³-hybridized carbons (Fsp3) is 0.533. The molecule has 120 valence electrons. The average Bonchev–Trinajstić information content (AvgIpc) is 2.76. The van der Waals surface area contributed by atoms with Crippen molar-refractivity contribution in [2.24, 2.45) is 0 Å². The summed E-state index contributed by atoms with van der Waals surface area (Å²) in [7, 11) is -3.08. The highest BCUT2D eigenvalue weighted by Crippen LogP contribution is 2.28. The topological polar surface area (TPSA) is 57.7 Å². The van der Waals surface area contributed by atoms with Gasteiger partial charge in [-0.05, 0) is 17.7 Å². The number of amides is 1. The Balaban J connectivity index is 1.81. The zero-order valence-corrected chi connectivity index (χ0v) is 14.0. The molecule has 1 aromatic rings. The van der Waals surface area contributed by atoms with Gasteiger partial charge >= 0.3 is 0 Å². The predicted octanol–water partition coefficient (Wildman–Crippen LogP) is 1.17. The normalized spacial score (nSPS) is 27.6. The lowest BCUT2D eigenvalue weighted by Gasteiger charge is -2.43. The third-order valence-corrected chi connectivity index (χ3v) is 6.45. The highest BCUT2D eigenvalue weighted by molar-refractivity contribution is 7.91. The molecule has 2 fully saturated rings. The van der Waals surface area contributed by atoms with Gasteiger partial charge in [0.2, 0.25) is 5.91 Å². The van der Waals surface area contributed by atoms with Crippen LogP contribution >= 0.6 is 11.6 Å². The number of hydrogen-bond acceptors (Lipinski definition) is 4. The number of carbonyl (C=O) groups is 1. The molecule has 0 bridgehead atoms. The summed E-state index contributed by atoms with van der Waals surface area (Å²) in [6, 6.07) is 7.26. The largest absolute Gasteiger partial charge is 0.336 e. The number of benzene rings is 1. The minimum Gasteiger partial charge on any atom is -0.336 e. The number of hydrogen-bond donors (Lipinski definition) is 0. The monoisotopic (exact) mass is 342 g/mol. The average molecular weight is 343 g/mol. The number of sulfone groups is 1. The summed E-state index contributed by atoms with van der Waals surface area (Å²) in [6.45, 7) is 3.47. The number of nitrogens with zero attached hydrogens (tertiary/aromatic N) is 2. The van der Waals surface area contributed by atoms with Crippen LogP contribution in [-0.4, -0.2) is 60.8 Å². The number of carbonyl (C=O) groups excluding carboxylic acids is 1. The van der Waals surface area contributed by atoms with E-state index in [0.29, 0.717) is 24.7 Å². The smallest absolute Gasteiger partial charge is 0.219 e. The molecule has 1 amide bonds. The van der Waals surface area contributed by atoms with E-state index in [1.807, 2.05) is 24.3 Å². The lowest BCUT2D eigenvalue weighted by Crippen LogP contribution is -2.59. The van der Waals surface area contributed by atoms with Crippen LogP contribution in [0.3, 0.4) is 0 Å². The highest BCUT2D eigenvalue weighted by atomic mass is 35.5. The maximum atomic E-state index is 12.0. The zero-order chi connectivity index (χ0) is 15.9. The molecule has 1 aromatic carbocycles. The molecule has 2 atom stereocenters. The molecular formula is C15H19ClN2O3S. The second kappa shape index (κ2) is 5.83. The third kappa shape index (κ3) is 3.14. The molecule has 0 aromatic heterocycles. The van der Waals surface area contributed by atoms with Crippen molar-refractivity contribution in [3.63, 3.8) is 0 Å². The van der Waals surface area contributed by atoms with E-state index >= 15 is 0 Å². The third-order valence-electron chi connectivity index (χ3n) is 4.49. The molecule has 2 saturated heterocycles. The Bertz CT molecular complexity index is 675. The summed E-state index contributed by atoms with van der Waals surface area (Å²) < 4.78 is 24.1. The maximum absolute atomic E-state index is 12.0. The van der Waals surface area contributed by atoms with Gasteiger partial charge in [-0.3, -0.25) is 9.69 Å². The Morgan fingerprint density at radius 1 is 1.18 bits per heavy atom. The molecule has 0 unspecified atom stereocenters. The summed E-state index contributed by atoms with van der Waals surface area (Å²) in [5.41, 5.74) is 1.10. The first-order chi connectivity index (χ1) is 10.4. The van der Waals surface area contributed by atoms with Gasteiger partial charge in [0, 0.05) is 37.6 Å². The molecule has 0 saturated carbocycles. The summed E-state index contributed by atoms with van der Waals surface area (Å²) >= 11 is 5.90. The molecule has 0 N–H and O–H groups in total. The molecule has 2 heterocycles. The van der Waals surface area contributed by atoms with Gasteiger partial charge < -0.3 is 4.90 Å². The van der Waals surface area contributed by atoms with E-state index in [4.69, 9.17) is 11.6 Å². The number of fused-ring (bicyclic) bond motifs is 1. The summed E-state index contributed by atoms with van der Waals surface area (Å²) in [5, 5.41) is 0.687. The fourth-order valence-corrected chi connectivity index (χ4v) is 5.57. The minimum atomic E-state index is -3.08. The van der Waals surface area contributed by atoms with Crippen LogP contribution < -0.4 is 0 Å². The molecule has 5 nitrogen and oxygen atoms in total. The van der Waals surface area contributed by atoms with Crippen LogP contribution in [0.5, 0.6) is 0 Å². The first kappa shape index (κ1) is 15.8.